The highest BCUT2D eigenvalue weighted by atomic mass is 16.5. The van der Waals surface area contributed by atoms with Gasteiger partial charge in [-0.2, -0.15) is 0 Å². The smallest absolute Gasteiger partial charge is 0.125 e. The molecule has 1 heterocycles. The summed E-state index contributed by atoms with van der Waals surface area (Å²) in [6, 6.07) is 3.96. The molecular weight excluding hydrogens is 164 g/mol. The van der Waals surface area contributed by atoms with Gasteiger partial charge in [-0.05, 0) is 24.1 Å². The molecule has 1 N–H and O–H groups in total. The Labute approximate surface area is 79.1 Å². The van der Waals surface area contributed by atoms with Gasteiger partial charge in [-0.15, -0.1) is 0 Å². The van der Waals surface area contributed by atoms with E-state index in [2.05, 4.69) is 17.2 Å². The predicted octanol–water partition coefficient (Wildman–Crippen LogP) is 2.05. The van der Waals surface area contributed by atoms with E-state index in [1.807, 2.05) is 19.2 Å². The minimum Gasteiger partial charge on any atom is -0.377 e. The molecule has 1 aromatic heterocycles. The van der Waals surface area contributed by atoms with Crippen molar-refractivity contribution in [2.75, 3.05) is 19.0 Å². The van der Waals surface area contributed by atoms with Gasteiger partial charge in [-0.1, -0.05) is 6.92 Å². The molecular formula is C10H16N2O. The molecule has 0 saturated carbocycles. The van der Waals surface area contributed by atoms with Crippen molar-refractivity contribution in [1.82, 2.24) is 4.98 Å². The van der Waals surface area contributed by atoms with Gasteiger partial charge in [-0.25, -0.2) is 4.98 Å². The number of anilines is 1. The van der Waals surface area contributed by atoms with Crippen LogP contribution in [0.3, 0.4) is 0 Å². The molecule has 3 heteroatoms. The Kier molecular flexibility index (Phi) is 4.26. The van der Waals surface area contributed by atoms with Crippen molar-refractivity contribution >= 4 is 5.82 Å². The Morgan fingerprint density at radius 3 is 3.08 bits per heavy atom. The summed E-state index contributed by atoms with van der Waals surface area (Å²) >= 11 is 0. The highest BCUT2D eigenvalue weighted by molar-refractivity contribution is 5.36. The molecule has 0 aromatic carbocycles. The summed E-state index contributed by atoms with van der Waals surface area (Å²) in [6.45, 7) is 3.59. The second-order valence-corrected chi connectivity index (χ2v) is 2.85. The fourth-order valence-corrected chi connectivity index (χ4v) is 1.04. The van der Waals surface area contributed by atoms with Crippen LogP contribution in [-0.2, 0) is 11.3 Å². The predicted molar refractivity (Wildman–Crippen MR) is 53.7 cm³/mol. The van der Waals surface area contributed by atoms with E-state index < -0.39 is 0 Å². The van der Waals surface area contributed by atoms with E-state index in [1.54, 1.807) is 6.20 Å². The van der Waals surface area contributed by atoms with Crippen LogP contribution in [0, 0.1) is 0 Å². The third-order valence-corrected chi connectivity index (χ3v) is 1.70. The summed E-state index contributed by atoms with van der Waals surface area (Å²) in [5, 5.41) is 2.99. The Bertz CT molecular complexity index is 250. The highest BCUT2D eigenvalue weighted by Crippen LogP contribution is 2.06. The molecule has 0 bridgehead atoms. The number of hydrogen-bond acceptors (Lipinski definition) is 3. The minimum atomic E-state index is 0.672. The van der Waals surface area contributed by atoms with Gasteiger partial charge in [0.1, 0.15) is 5.82 Å². The minimum absolute atomic E-state index is 0.672. The monoisotopic (exact) mass is 180 g/mol. The van der Waals surface area contributed by atoms with Crippen molar-refractivity contribution in [2.45, 2.75) is 20.0 Å². The largest absolute Gasteiger partial charge is 0.377 e. The van der Waals surface area contributed by atoms with Crippen molar-refractivity contribution in [1.29, 1.82) is 0 Å². The molecule has 13 heavy (non-hydrogen) atoms. The average molecular weight is 180 g/mol. The maximum absolute atomic E-state index is 5.41. The number of aromatic nitrogens is 1. The van der Waals surface area contributed by atoms with Gasteiger partial charge >= 0.3 is 0 Å². The van der Waals surface area contributed by atoms with E-state index in [9.17, 15) is 0 Å². The fourth-order valence-electron chi connectivity index (χ4n) is 1.04. The SMILES string of the molecule is CCCOCc1ccnc(NC)c1. The van der Waals surface area contributed by atoms with Crippen LogP contribution in [0.4, 0.5) is 5.82 Å². The Morgan fingerprint density at radius 1 is 1.54 bits per heavy atom. The Morgan fingerprint density at radius 2 is 2.38 bits per heavy atom. The van der Waals surface area contributed by atoms with Crippen LogP contribution in [0.1, 0.15) is 18.9 Å². The first-order chi connectivity index (χ1) is 6.36. The lowest BCUT2D eigenvalue weighted by atomic mass is 10.3. The van der Waals surface area contributed by atoms with Crippen LogP contribution in [0.25, 0.3) is 0 Å². The number of hydrogen-bond donors (Lipinski definition) is 1. The fraction of sp³-hybridized carbons (Fsp3) is 0.500. The first-order valence-electron chi connectivity index (χ1n) is 4.57. The zero-order valence-electron chi connectivity index (χ0n) is 8.21. The molecule has 0 amide bonds. The summed E-state index contributed by atoms with van der Waals surface area (Å²) < 4.78 is 5.41. The molecule has 0 unspecified atom stereocenters. The maximum Gasteiger partial charge on any atom is 0.125 e. The molecule has 0 aliphatic heterocycles. The lowest BCUT2D eigenvalue weighted by Gasteiger charge is -2.04. The van der Waals surface area contributed by atoms with Crippen LogP contribution < -0.4 is 5.32 Å². The maximum atomic E-state index is 5.41. The van der Waals surface area contributed by atoms with Gasteiger partial charge in [0.15, 0.2) is 0 Å². The van der Waals surface area contributed by atoms with E-state index in [4.69, 9.17) is 4.74 Å². The second kappa shape index (κ2) is 5.54. The number of nitrogens with one attached hydrogen (secondary N) is 1. The molecule has 1 aromatic rings. The summed E-state index contributed by atoms with van der Waals surface area (Å²) in [5.74, 6) is 0.887. The highest BCUT2D eigenvalue weighted by Gasteiger charge is 1.94. The van der Waals surface area contributed by atoms with Gasteiger partial charge in [-0.3, -0.25) is 0 Å². The summed E-state index contributed by atoms with van der Waals surface area (Å²) in [7, 11) is 1.86. The first-order valence-corrected chi connectivity index (χ1v) is 4.57. The standard InChI is InChI=1S/C10H16N2O/c1-3-6-13-8-9-4-5-12-10(7-9)11-2/h4-5,7H,3,6,8H2,1-2H3,(H,11,12). The van der Waals surface area contributed by atoms with E-state index in [-0.39, 0.29) is 0 Å². The molecule has 0 aliphatic rings. The van der Waals surface area contributed by atoms with E-state index in [0.29, 0.717) is 6.61 Å². The molecule has 0 aliphatic carbocycles. The summed E-state index contributed by atoms with van der Waals surface area (Å²) in [6.07, 6.45) is 2.85. The van der Waals surface area contributed by atoms with Crippen LogP contribution in [0.15, 0.2) is 18.3 Å². The lowest BCUT2D eigenvalue weighted by molar-refractivity contribution is 0.121. The van der Waals surface area contributed by atoms with Crippen LogP contribution in [0.2, 0.25) is 0 Å². The summed E-state index contributed by atoms with van der Waals surface area (Å²) in [4.78, 5) is 4.12. The molecule has 0 spiro atoms. The van der Waals surface area contributed by atoms with Crippen molar-refractivity contribution in [3.63, 3.8) is 0 Å². The van der Waals surface area contributed by atoms with Crippen molar-refractivity contribution < 1.29 is 4.74 Å². The normalized spacial score (nSPS) is 10.0. The third kappa shape index (κ3) is 3.42. The van der Waals surface area contributed by atoms with E-state index in [1.165, 1.54) is 0 Å². The number of nitrogens with zero attached hydrogens (tertiary/aromatic N) is 1. The van der Waals surface area contributed by atoms with Gasteiger partial charge < -0.3 is 10.1 Å². The third-order valence-electron chi connectivity index (χ3n) is 1.70. The zero-order chi connectivity index (χ0) is 9.52. The van der Waals surface area contributed by atoms with Gasteiger partial charge in [0.05, 0.1) is 6.61 Å². The molecule has 0 saturated heterocycles. The number of pyridine rings is 1. The Hall–Kier alpha value is -1.09. The van der Waals surface area contributed by atoms with Gasteiger partial charge in [0.25, 0.3) is 0 Å². The Balaban J connectivity index is 2.46. The van der Waals surface area contributed by atoms with Crippen LogP contribution >= 0.6 is 0 Å². The van der Waals surface area contributed by atoms with Gasteiger partial charge in [0.2, 0.25) is 0 Å². The van der Waals surface area contributed by atoms with E-state index in [0.717, 1.165) is 24.4 Å². The van der Waals surface area contributed by atoms with E-state index >= 15 is 0 Å². The molecule has 72 valence electrons. The molecule has 0 fully saturated rings. The van der Waals surface area contributed by atoms with Crippen LogP contribution in [0.5, 0.6) is 0 Å². The van der Waals surface area contributed by atoms with Crippen LogP contribution in [-0.4, -0.2) is 18.6 Å². The molecule has 1 rings (SSSR count). The molecule has 3 nitrogen and oxygen atoms in total. The van der Waals surface area contributed by atoms with Crippen molar-refractivity contribution in [2.24, 2.45) is 0 Å². The number of rotatable bonds is 5. The number of ether oxygens (including phenoxy) is 1. The first kappa shape index (κ1) is 9.99. The van der Waals surface area contributed by atoms with Crippen molar-refractivity contribution in [3.8, 4) is 0 Å². The lowest BCUT2D eigenvalue weighted by Crippen LogP contribution is -1.97. The topological polar surface area (TPSA) is 34.1 Å². The second-order valence-electron chi connectivity index (χ2n) is 2.85. The van der Waals surface area contributed by atoms with Crippen molar-refractivity contribution in [3.05, 3.63) is 23.9 Å². The average Bonchev–Trinajstić information content (AvgIpc) is 2.19. The summed E-state index contributed by atoms with van der Waals surface area (Å²) in [5.41, 5.74) is 1.16. The molecule has 0 radical (unpaired) electrons. The quantitative estimate of drug-likeness (QED) is 0.704. The van der Waals surface area contributed by atoms with Gasteiger partial charge in [0, 0.05) is 19.9 Å². The molecule has 0 atom stereocenters. The zero-order valence-corrected chi connectivity index (χ0v) is 8.21.